The second-order valence-corrected chi connectivity index (χ2v) is 9.48. The molecule has 0 aliphatic heterocycles. The molecule has 0 aliphatic rings. The van der Waals surface area contributed by atoms with Crippen molar-refractivity contribution in [2.24, 2.45) is 0 Å². The van der Waals surface area contributed by atoms with Crippen molar-refractivity contribution < 1.29 is 23.8 Å². The molecule has 0 spiro atoms. The summed E-state index contributed by atoms with van der Waals surface area (Å²) < 4.78 is 16.1. The van der Waals surface area contributed by atoms with E-state index in [0.29, 0.717) is 33.5 Å². The van der Waals surface area contributed by atoms with E-state index in [9.17, 15) is 9.59 Å². The molecule has 0 radical (unpaired) electrons. The molecule has 8 heteroatoms. The lowest BCUT2D eigenvalue weighted by atomic mass is 10.0. The van der Waals surface area contributed by atoms with Gasteiger partial charge in [0.25, 0.3) is 5.91 Å². The van der Waals surface area contributed by atoms with Gasteiger partial charge in [0.05, 0.1) is 33.4 Å². The van der Waals surface area contributed by atoms with Gasteiger partial charge in [0.15, 0.2) is 0 Å². The second kappa shape index (κ2) is 13.5. The fourth-order valence-corrected chi connectivity index (χ4v) is 4.47. The first kappa shape index (κ1) is 28.5. The summed E-state index contributed by atoms with van der Waals surface area (Å²) >= 11 is 6.18. The Hall–Kier alpha value is -4.49. The molecule has 7 nitrogen and oxygen atoms in total. The smallest absolute Gasteiger partial charge is 0.251 e. The van der Waals surface area contributed by atoms with Crippen LogP contribution in [0.15, 0.2) is 97.1 Å². The Balaban J connectivity index is 1.75. The molecular weight excluding hydrogens is 528 g/mol. The van der Waals surface area contributed by atoms with Crippen LogP contribution in [0.25, 0.3) is 0 Å². The zero-order valence-corrected chi connectivity index (χ0v) is 23.4. The Morgan fingerprint density at radius 1 is 0.775 bits per heavy atom. The molecule has 1 unspecified atom stereocenters. The predicted octanol–water partition coefficient (Wildman–Crippen LogP) is 6.32. The number of hydrogen-bond acceptors (Lipinski definition) is 5. The highest BCUT2D eigenvalue weighted by molar-refractivity contribution is 6.30. The number of methoxy groups -OCH3 is 3. The normalized spacial score (nSPS) is 11.3. The molecule has 0 saturated heterocycles. The number of rotatable bonds is 11. The van der Waals surface area contributed by atoms with Gasteiger partial charge in [-0.25, -0.2) is 0 Å². The van der Waals surface area contributed by atoms with Crippen molar-refractivity contribution in [3.8, 4) is 17.2 Å². The van der Waals surface area contributed by atoms with E-state index < -0.39 is 11.9 Å². The minimum absolute atomic E-state index is 0.125. The largest absolute Gasteiger partial charge is 0.497 e. The first-order chi connectivity index (χ1) is 19.4. The number of halogens is 1. The molecule has 1 N–H and O–H groups in total. The second-order valence-electron chi connectivity index (χ2n) is 9.04. The van der Waals surface area contributed by atoms with Crippen LogP contribution in [-0.2, 0) is 22.6 Å². The average molecular weight is 559 g/mol. The van der Waals surface area contributed by atoms with Gasteiger partial charge in [0, 0.05) is 17.6 Å². The zero-order chi connectivity index (χ0) is 28.5. The summed E-state index contributed by atoms with van der Waals surface area (Å²) in [5, 5.41) is 3.49. The summed E-state index contributed by atoms with van der Waals surface area (Å²) in [6, 6.07) is 27.9. The van der Waals surface area contributed by atoms with Crippen LogP contribution in [-0.4, -0.2) is 38.0 Å². The van der Waals surface area contributed by atoms with Crippen molar-refractivity contribution in [1.82, 2.24) is 4.90 Å². The molecule has 2 amide bonds. The van der Waals surface area contributed by atoms with Crippen LogP contribution in [0.5, 0.6) is 17.2 Å². The van der Waals surface area contributed by atoms with E-state index in [1.807, 2.05) is 54.6 Å². The molecule has 1 atom stereocenters. The lowest BCUT2D eigenvalue weighted by Crippen LogP contribution is -2.41. The van der Waals surface area contributed by atoms with Crippen LogP contribution in [0.4, 0.5) is 5.69 Å². The van der Waals surface area contributed by atoms with Crippen LogP contribution in [0.2, 0.25) is 5.02 Å². The van der Waals surface area contributed by atoms with Gasteiger partial charge >= 0.3 is 0 Å². The van der Waals surface area contributed by atoms with Crippen molar-refractivity contribution in [3.63, 3.8) is 0 Å². The number of hydrogen-bond donors (Lipinski definition) is 1. The van der Waals surface area contributed by atoms with Crippen molar-refractivity contribution in [3.05, 3.63) is 119 Å². The van der Waals surface area contributed by atoms with Crippen LogP contribution in [0, 0.1) is 0 Å². The monoisotopic (exact) mass is 558 g/mol. The van der Waals surface area contributed by atoms with Gasteiger partial charge in [0.2, 0.25) is 5.91 Å². The number of benzene rings is 4. The lowest BCUT2D eigenvalue weighted by molar-refractivity contribution is -0.139. The standard InChI is InChI=1S/C32H31ClN2O5/c1-38-26-15-9-23(10-16-26)21-35(30(36)19-22-7-5-4-6-8-22)31(24-11-13-25(33)14-12-24)32(37)34-28-18-17-27(39-2)20-29(28)40-3/h4-18,20,31H,19,21H2,1-3H3,(H,34,37). The highest BCUT2D eigenvalue weighted by atomic mass is 35.5. The Bertz CT molecular complexity index is 1430. The first-order valence-electron chi connectivity index (χ1n) is 12.7. The highest BCUT2D eigenvalue weighted by Crippen LogP contribution is 2.32. The average Bonchev–Trinajstić information content (AvgIpc) is 2.98. The van der Waals surface area contributed by atoms with Gasteiger partial charge in [0.1, 0.15) is 23.3 Å². The molecule has 0 aromatic heterocycles. The highest BCUT2D eigenvalue weighted by Gasteiger charge is 2.32. The topological polar surface area (TPSA) is 77.1 Å². The van der Waals surface area contributed by atoms with Gasteiger partial charge in [-0.1, -0.05) is 66.2 Å². The maximum atomic E-state index is 14.1. The fourth-order valence-electron chi connectivity index (χ4n) is 4.34. The van der Waals surface area contributed by atoms with Crippen molar-refractivity contribution >= 4 is 29.1 Å². The number of ether oxygens (including phenoxy) is 3. The molecule has 0 bridgehead atoms. The summed E-state index contributed by atoms with van der Waals surface area (Å²) in [5.41, 5.74) is 2.76. The van der Waals surface area contributed by atoms with E-state index in [0.717, 1.165) is 11.1 Å². The number of carbonyl (C=O) groups is 2. The molecule has 4 aromatic rings. The van der Waals surface area contributed by atoms with Gasteiger partial charge < -0.3 is 24.4 Å². The van der Waals surface area contributed by atoms with Gasteiger partial charge in [-0.05, 0) is 53.1 Å². The van der Waals surface area contributed by atoms with Gasteiger partial charge in [-0.15, -0.1) is 0 Å². The molecule has 206 valence electrons. The summed E-state index contributed by atoms with van der Waals surface area (Å²) in [5.74, 6) is 1.10. The summed E-state index contributed by atoms with van der Waals surface area (Å²) in [6.07, 6.45) is 0.125. The number of nitrogens with zero attached hydrogens (tertiary/aromatic N) is 1. The summed E-state index contributed by atoms with van der Waals surface area (Å²) in [4.78, 5) is 29.6. The number of carbonyl (C=O) groups excluding carboxylic acids is 2. The van der Waals surface area contributed by atoms with Crippen molar-refractivity contribution in [2.45, 2.75) is 19.0 Å². The minimum Gasteiger partial charge on any atom is -0.497 e. The Kier molecular flexibility index (Phi) is 9.65. The van der Waals surface area contributed by atoms with Crippen molar-refractivity contribution in [1.29, 1.82) is 0 Å². The molecule has 0 fully saturated rings. The zero-order valence-electron chi connectivity index (χ0n) is 22.6. The van der Waals surface area contributed by atoms with E-state index in [1.165, 1.54) is 7.11 Å². The van der Waals surface area contributed by atoms with Crippen LogP contribution < -0.4 is 19.5 Å². The quantitative estimate of drug-likeness (QED) is 0.233. The Morgan fingerprint density at radius 3 is 2.05 bits per heavy atom. The van der Waals surface area contributed by atoms with E-state index in [1.54, 1.807) is 61.6 Å². The molecule has 0 saturated carbocycles. The molecule has 0 aliphatic carbocycles. The minimum atomic E-state index is -0.970. The maximum absolute atomic E-state index is 14.1. The van der Waals surface area contributed by atoms with E-state index in [2.05, 4.69) is 5.32 Å². The Morgan fingerprint density at radius 2 is 1.43 bits per heavy atom. The van der Waals surface area contributed by atoms with E-state index in [-0.39, 0.29) is 18.9 Å². The van der Waals surface area contributed by atoms with Crippen LogP contribution in [0.1, 0.15) is 22.7 Å². The van der Waals surface area contributed by atoms with Crippen molar-refractivity contribution in [2.75, 3.05) is 26.6 Å². The molecule has 40 heavy (non-hydrogen) atoms. The number of amides is 2. The van der Waals surface area contributed by atoms with Gasteiger partial charge in [-0.2, -0.15) is 0 Å². The van der Waals surface area contributed by atoms with E-state index >= 15 is 0 Å². The van der Waals surface area contributed by atoms with E-state index in [4.69, 9.17) is 25.8 Å². The first-order valence-corrected chi connectivity index (χ1v) is 13.0. The Labute approximate surface area is 239 Å². The molecule has 4 rings (SSSR count). The van der Waals surface area contributed by atoms with Crippen LogP contribution in [0.3, 0.4) is 0 Å². The molecular formula is C32H31ClN2O5. The molecule has 4 aromatic carbocycles. The number of nitrogens with one attached hydrogen (secondary N) is 1. The summed E-state index contributed by atoms with van der Waals surface area (Å²) in [7, 11) is 4.67. The predicted molar refractivity (Wildman–Crippen MR) is 156 cm³/mol. The number of anilines is 1. The third kappa shape index (κ3) is 7.12. The maximum Gasteiger partial charge on any atom is 0.251 e. The van der Waals surface area contributed by atoms with Crippen LogP contribution >= 0.6 is 11.6 Å². The third-order valence-electron chi connectivity index (χ3n) is 6.44. The lowest BCUT2D eigenvalue weighted by Gasteiger charge is -2.32. The molecule has 0 heterocycles. The van der Waals surface area contributed by atoms with Gasteiger partial charge in [-0.3, -0.25) is 9.59 Å². The third-order valence-corrected chi connectivity index (χ3v) is 6.69. The summed E-state index contributed by atoms with van der Waals surface area (Å²) in [6.45, 7) is 0.191. The SMILES string of the molecule is COc1ccc(CN(C(=O)Cc2ccccc2)C(C(=O)Nc2ccc(OC)cc2OC)c2ccc(Cl)cc2)cc1. The fraction of sp³-hybridized carbons (Fsp3) is 0.188.